The van der Waals surface area contributed by atoms with E-state index < -0.39 is 0 Å². The highest BCUT2D eigenvalue weighted by Crippen LogP contribution is 2.09. The Hall–Kier alpha value is -1.27. The zero-order chi connectivity index (χ0) is 13.0. The third kappa shape index (κ3) is 3.61. The minimum absolute atomic E-state index is 0.108. The predicted molar refractivity (Wildman–Crippen MR) is 74.8 cm³/mol. The number of nitrogens with one attached hydrogen (secondary N) is 1. The number of thiazole rings is 1. The molecule has 94 valence electrons. The SMILES string of the molecule is Cc1csc(CCNC(=O)c2ccc(Br)nc2)n1. The largest absolute Gasteiger partial charge is 0.352 e. The van der Waals surface area contributed by atoms with Gasteiger partial charge in [0.05, 0.1) is 10.6 Å². The smallest absolute Gasteiger partial charge is 0.252 e. The van der Waals surface area contributed by atoms with E-state index in [0.29, 0.717) is 12.1 Å². The summed E-state index contributed by atoms with van der Waals surface area (Å²) in [6.07, 6.45) is 2.31. The Labute approximate surface area is 118 Å². The second kappa shape index (κ2) is 6.06. The first kappa shape index (κ1) is 13.2. The molecular weight excluding hydrogens is 314 g/mol. The van der Waals surface area contributed by atoms with Crippen LogP contribution in [-0.2, 0) is 6.42 Å². The van der Waals surface area contributed by atoms with Crippen molar-refractivity contribution in [1.82, 2.24) is 15.3 Å². The summed E-state index contributed by atoms with van der Waals surface area (Å²) >= 11 is 4.85. The fourth-order valence-electron chi connectivity index (χ4n) is 1.41. The van der Waals surface area contributed by atoms with Gasteiger partial charge in [-0.1, -0.05) is 0 Å². The number of amides is 1. The topological polar surface area (TPSA) is 54.9 Å². The highest BCUT2D eigenvalue weighted by atomic mass is 79.9. The third-order valence-corrected chi connectivity index (χ3v) is 3.78. The van der Waals surface area contributed by atoms with E-state index in [9.17, 15) is 4.79 Å². The molecule has 0 aliphatic rings. The van der Waals surface area contributed by atoms with Gasteiger partial charge in [0.2, 0.25) is 0 Å². The third-order valence-electron chi connectivity index (χ3n) is 2.28. The number of nitrogens with zero attached hydrogens (tertiary/aromatic N) is 2. The van der Waals surface area contributed by atoms with E-state index in [4.69, 9.17) is 0 Å². The molecule has 2 heterocycles. The van der Waals surface area contributed by atoms with Crippen LogP contribution in [0.4, 0.5) is 0 Å². The van der Waals surface area contributed by atoms with Gasteiger partial charge in [0.15, 0.2) is 0 Å². The van der Waals surface area contributed by atoms with Gasteiger partial charge in [-0.2, -0.15) is 0 Å². The number of aromatic nitrogens is 2. The molecule has 2 aromatic rings. The van der Waals surface area contributed by atoms with Gasteiger partial charge in [-0.15, -0.1) is 11.3 Å². The number of hydrogen-bond donors (Lipinski definition) is 1. The molecule has 0 aliphatic carbocycles. The maximum atomic E-state index is 11.8. The summed E-state index contributed by atoms with van der Waals surface area (Å²) in [5, 5.41) is 5.90. The lowest BCUT2D eigenvalue weighted by Gasteiger charge is -2.03. The molecule has 1 N–H and O–H groups in total. The van der Waals surface area contributed by atoms with Crippen LogP contribution in [0.15, 0.2) is 28.3 Å². The van der Waals surface area contributed by atoms with Crippen LogP contribution in [0, 0.1) is 6.92 Å². The molecule has 18 heavy (non-hydrogen) atoms. The Kier molecular flexibility index (Phi) is 4.43. The second-order valence-electron chi connectivity index (χ2n) is 3.76. The Morgan fingerprint density at radius 2 is 2.33 bits per heavy atom. The van der Waals surface area contributed by atoms with Crippen molar-refractivity contribution in [2.75, 3.05) is 6.54 Å². The first-order valence-electron chi connectivity index (χ1n) is 5.46. The molecule has 1 amide bonds. The highest BCUT2D eigenvalue weighted by molar-refractivity contribution is 9.10. The van der Waals surface area contributed by atoms with Crippen molar-refractivity contribution in [2.24, 2.45) is 0 Å². The standard InChI is InChI=1S/C12H12BrN3OS/c1-8-7-18-11(16-8)4-5-14-12(17)9-2-3-10(13)15-6-9/h2-3,6-7H,4-5H2,1H3,(H,14,17). The first-order valence-corrected chi connectivity index (χ1v) is 7.13. The van der Waals surface area contributed by atoms with E-state index in [1.807, 2.05) is 12.3 Å². The molecule has 0 bridgehead atoms. The Bertz CT molecular complexity index is 539. The van der Waals surface area contributed by atoms with Gasteiger partial charge >= 0.3 is 0 Å². The Morgan fingerprint density at radius 1 is 1.50 bits per heavy atom. The fourth-order valence-corrected chi connectivity index (χ4v) is 2.42. The van der Waals surface area contributed by atoms with Crippen molar-refractivity contribution in [3.63, 3.8) is 0 Å². The summed E-state index contributed by atoms with van der Waals surface area (Å²) in [5.74, 6) is -0.108. The molecule has 0 saturated carbocycles. The van der Waals surface area contributed by atoms with Crippen LogP contribution in [0.5, 0.6) is 0 Å². The van der Waals surface area contributed by atoms with E-state index in [0.717, 1.165) is 21.7 Å². The molecule has 0 radical (unpaired) electrons. The van der Waals surface area contributed by atoms with Gasteiger partial charge in [-0.3, -0.25) is 4.79 Å². The molecule has 0 spiro atoms. The first-order chi connectivity index (χ1) is 8.65. The van der Waals surface area contributed by atoms with Gasteiger partial charge in [-0.05, 0) is 35.0 Å². The number of halogens is 1. The fraction of sp³-hybridized carbons (Fsp3) is 0.250. The van der Waals surface area contributed by atoms with Crippen molar-refractivity contribution in [1.29, 1.82) is 0 Å². The lowest BCUT2D eigenvalue weighted by Crippen LogP contribution is -2.25. The zero-order valence-electron chi connectivity index (χ0n) is 9.81. The molecule has 0 unspecified atom stereocenters. The molecule has 2 aromatic heterocycles. The van der Waals surface area contributed by atoms with Crippen molar-refractivity contribution in [3.05, 3.63) is 44.6 Å². The molecule has 2 rings (SSSR count). The van der Waals surface area contributed by atoms with Crippen LogP contribution in [0.25, 0.3) is 0 Å². The number of pyridine rings is 1. The quantitative estimate of drug-likeness (QED) is 0.879. The molecule has 0 atom stereocenters. The molecule has 6 heteroatoms. The van der Waals surface area contributed by atoms with E-state index in [1.54, 1.807) is 29.7 Å². The average molecular weight is 326 g/mol. The van der Waals surface area contributed by atoms with Crippen LogP contribution >= 0.6 is 27.3 Å². The van der Waals surface area contributed by atoms with Crippen molar-refractivity contribution < 1.29 is 4.79 Å². The lowest BCUT2D eigenvalue weighted by molar-refractivity contribution is 0.0954. The highest BCUT2D eigenvalue weighted by Gasteiger charge is 2.05. The summed E-state index contributed by atoms with van der Waals surface area (Å²) in [7, 11) is 0. The monoisotopic (exact) mass is 325 g/mol. The number of aryl methyl sites for hydroxylation is 1. The number of carbonyl (C=O) groups excluding carboxylic acids is 1. The Balaban J connectivity index is 1.83. The number of carbonyl (C=O) groups is 1. The van der Waals surface area contributed by atoms with E-state index in [2.05, 4.69) is 31.2 Å². The van der Waals surface area contributed by atoms with E-state index >= 15 is 0 Å². The number of hydrogen-bond acceptors (Lipinski definition) is 4. The predicted octanol–water partition coefficient (Wildman–Crippen LogP) is 2.58. The van der Waals surface area contributed by atoms with Crippen LogP contribution in [0.2, 0.25) is 0 Å². The molecule has 0 aromatic carbocycles. The van der Waals surface area contributed by atoms with Crippen molar-refractivity contribution in [2.45, 2.75) is 13.3 Å². The number of rotatable bonds is 4. The van der Waals surface area contributed by atoms with Gasteiger partial charge in [0.1, 0.15) is 4.60 Å². The molecular formula is C12H12BrN3OS. The normalized spacial score (nSPS) is 10.3. The van der Waals surface area contributed by atoms with E-state index in [1.165, 1.54) is 0 Å². The maximum absolute atomic E-state index is 11.8. The molecule has 4 nitrogen and oxygen atoms in total. The molecule has 0 saturated heterocycles. The van der Waals surface area contributed by atoms with Crippen LogP contribution in [0.1, 0.15) is 21.1 Å². The van der Waals surface area contributed by atoms with Gasteiger partial charge in [0, 0.05) is 30.2 Å². The molecule has 0 aliphatic heterocycles. The summed E-state index contributed by atoms with van der Waals surface area (Å²) < 4.78 is 0.720. The summed E-state index contributed by atoms with van der Waals surface area (Å²) in [5.41, 5.74) is 1.59. The minimum Gasteiger partial charge on any atom is -0.352 e. The minimum atomic E-state index is -0.108. The Morgan fingerprint density at radius 3 is 2.94 bits per heavy atom. The van der Waals surface area contributed by atoms with E-state index in [-0.39, 0.29) is 5.91 Å². The molecule has 0 fully saturated rings. The zero-order valence-corrected chi connectivity index (χ0v) is 12.2. The van der Waals surface area contributed by atoms with Crippen LogP contribution < -0.4 is 5.32 Å². The van der Waals surface area contributed by atoms with Crippen molar-refractivity contribution >= 4 is 33.2 Å². The van der Waals surface area contributed by atoms with Crippen LogP contribution in [-0.4, -0.2) is 22.4 Å². The summed E-state index contributed by atoms with van der Waals surface area (Å²) in [6, 6.07) is 3.49. The van der Waals surface area contributed by atoms with Gasteiger partial charge in [-0.25, -0.2) is 9.97 Å². The summed E-state index contributed by atoms with van der Waals surface area (Å²) in [4.78, 5) is 20.1. The average Bonchev–Trinajstić information content (AvgIpc) is 2.76. The van der Waals surface area contributed by atoms with Gasteiger partial charge in [0.25, 0.3) is 5.91 Å². The summed E-state index contributed by atoms with van der Waals surface area (Å²) in [6.45, 7) is 2.55. The van der Waals surface area contributed by atoms with Crippen molar-refractivity contribution in [3.8, 4) is 0 Å². The van der Waals surface area contributed by atoms with Crippen LogP contribution in [0.3, 0.4) is 0 Å². The lowest BCUT2D eigenvalue weighted by atomic mass is 10.2. The maximum Gasteiger partial charge on any atom is 0.252 e. The second-order valence-corrected chi connectivity index (χ2v) is 5.51. The van der Waals surface area contributed by atoms with Gasteiger partial charge < -0.3 is 5.32 Å².